The predicted octanol–water partition coefficient (Wildman–Crippen LogP) is 0.0528. The van der Waals surface area contributed by atoms with Crippen molar-refractivity contribution in [2.75, 3.05) is 6.26 Å². The average Bonchev–Trinajstić information content (AvgIpc) is 2.43. The SMILES string of the molecule is CS(=O)(=O)ON1C(=O)C2CCCCC2C1=O. The first-order chi connectivity index (χ1) is 7.40. The number of nitrogens with zero attached hydrogens (tertiary/aromatic N) is 1. The minimum absolute atomic E-state index is 0.386. The molecular formula is C9H13NO5S. The zero-order valence-corrected chi connectivity index (χ0v) is 9.70. The van der Waals surface area contributed by atoms with Gasteiger partial charge in [0.1, 0.15) is 0 Å². The van der Waals surface area contributed by atoms with E-state index in [1.54, 1.807) is 0 Å². The summed E-state index contributed by atoms with van der Waals surface area (Å²) in [5.41, 5.74) is 0. The van der Waals surface area contributed by atoms with Crippen LogP contribution in [0.15, 0.2) is 0 Å². The molecule has 1 saturated heterocycles. The molecule has 16 heavy (non-hydrogen) atoms. The molecule has 6 nitrogen and oxygen atoms in total. The highest BCUT2D eigenvalue weighted by Crippen LogP contribution is 2.38. The Hall–Kier alpha value is -0.950. The van der Waals surface area contributed by atoms with Gasteiger partial charge >= 0.3 is 0 Å². The van der Waals surface area contributed by atoms with Crippen LogP contribution >= 0.6 is 0 Å². The molecule has 7 heteroatoms. The molecule has 1 heterocycles. The van der Waals surface area contributed by atoms with Crippen molar-refractivity contribution >= 4 is 21.9 Å². The molecule has 1 aliphatic heterocycles. The van der Waals surface area contributed by atoms with E-state index in [0.717, 1.165) is 19.1 Å². The molecule has 0 aromatic heterocycles. The van der Waals surface area contributed by atoms with E-state index in [0.29, 0.717) is 17.9 Å². The molecule has 0 spiro atoms. The number of amides is 2. The fraction of sp³-hybridized carbons (Fsp3) is 0.778. The topological polar surface area (TPSA) is 80.8 Å². The smallest absolute Gasteiger partial charge is 0.272 e. The third-order valence-electron chi connectivity index (χ3n) is 3.01. The van der Waals surface area contributed by atoms with E-state index in [1.165, 1.54) is 0 Å². The third kappa shape index (κ3) is 1.97. The van der Waals surface area contributed by atoms with Gasteiger partial charge in [-0.2, -0.15) is 8.42 Å². The lowest BCUT2D eigenvalue weighted by atomic mass is 9.81. The molecule has 90 valence electrons. The van der Waals surface area contributed by atoms with Crippen LogP contribution in [0.25, 0.3) is 0 Å². The van der Waals surface area contributed by atoms with Crippen molar-refractivity contribution < 1.29 is 22.3 Å². The van der Waals surface area contributed by atoms with Crippen LogP contribution < -0.4 is 0 Å². The maximum absolute atomic E-state index is 11.7. The molecule has 1 saturated carbocycles. The number of fused-ring (bicyclic) bond motifs is 1. The van der Waals surface area contributed by atoms with Crippen LogP contribution in [-0.2, 0) is 24.0 Å². The zero-order valence-electron chi connectivity index (χ0n) is 8.88. The molecule has 2 atom stereocenters. The fourth-order valence-electron chi connectivity index (χ4n) is 2.34. The van der Waals surface area contributed by atoms with E-state index in [-0.39, 0.29) is 11.8 Å². The summed E-state index contributed by atoms with van der Waals surface area (Å²) in [7, 11) is -3.83. The second-order valence-corrected chi connectivity index (χ2v) is 5.80. The quantitative estimate of drug-likeness (QED) is 0.644. The maximum atomic E-state index is 11.7. The van der Waals surface area contributed by atoms with Crippen molar-refractivity contribution in [3.63, 3.8) is 0 Å². The highest BCUT2D eigenvalue weighted by atomic mass is 32.2. The Balaban J connectivity index is 2.22. The number of hydroxylamine groups is 2. The van der Waals surface area contributed by atoms with Gasteiger partial charge < -0.3 is 0 Å². The average molecular weight is 247 g/mol. The minimum Gasteiger partial charge on any atom is -0.272 e. The third-order valence-corrected chi connectivity index (χ3v) is 3.43. The number of hydrogen-bond donors (Lipinski definition) is 0. The van der Waals surface area contributed by atoms with E-state index in [4.69, 9.17) is 0 Å². The first-order valence-corrected chi connectivity index (χ1v) is 6.99. The lowest BCUT2D eigenvalue weighted by Gasteiger charge is -2.19. The standard InChI is InChI=1S/C9H13NO5S/c1-16(13,14)15-10-8(11)6-4-2-3-5-7(6)9(10)12/h6-7H,2-5H2,1H3. The Morgan fingerprint density at radius 2 is 1.56 bits per heavy atom. The molecule has 2 rings (SSSR count). The lowest BCUT2D eigenvalue weighted by Crippen LogP contribution is -2.33. The number of carbonyl (C=O) groups is 2. The summed E-state index contributed by atoms with van der Waals surface area (Å²) in [6.45, 7) is 0. The molecular weight excluding hydrogens is 234 g/mol. The molecule has 2 unspecified atom stereocenters. The largest absolute Gasteiger partial charge is 0.285 e. The van der Waals surface area contributed by atoms with Crippen LogP contribution in [0.3, 0.4) is 0 Å². The van der Waals surface area contributed by atoms with E-state index in [2.05, 4.69) is 4.28 Å². The predicted molar refractivity (Wildman–Crippen MR) is 53.2 cm³/mol. The van der Waals surface area contributed by atoms with Gasteiger partial charge in [-0.1, -0.05) is 12.8 Å². The molecule has 1 aliphatic carbocycles. The highest BCUT2D eigenvalue weighted by Gasteiger charge is 2.50. The Labute approximate surface area is 93.6 Å². The minimum atomic E-state index is -3.83. The monoisotopic (exact) mass is 247 g/mol. The Bertz CT molecular complexity index is 405. The van der Waals surface area contributed by atoms with Crippen molar-refractivity contribution in [2.24, 2.45) is 11.8 Å². The molecule has 0 bridgehead atoms. The van der Waals surface area contributed by atoms with Gasteiger partial charge in [-0.3, -0.25) is 9.59 Å². The Morgan fingerprint density at radius 1 is 1.12 bits per heavy atom. The first-order valence-electron chi connectivity index (χ1n) is 5.17. The van der Waals surface area contributed by atoms with E-state index >= 15 is 0 Å². The van der Waals surface area contributed by atoms with Crippen molar-refractivity contribution in [3.05, 3.63) is 0 Å². The van der Waals surface area contributed by atoms with Gasteiger partial charge in [0, 0.05) is 0 Å². The van der Waals surface area contributed by atoms with Crippen LogP contribution in [0.1, 0.15) is 25.7 Å². The van der Waals surface area contributed by atoms with Crippen molar-refractivity contribution in [2.45, 2.75) is 25.7 Å². The number of imide groups is 1. The number of carbonyl (C=O) groups excluding carboxylic acids is 2. The molecule has 0 radical (unpaired) electrons. The summed E-state index contributed by atoms with van der Waals surface area (Å²) in [6.07, 6.45) is 3.88. The van der Waals surface area contributed by atoms with Gasteiger partial charge in [-0.05, 0) is 12.8 Å². The summed E-state index contributed by atoms with van der Waals surface area (Å²) in [6, 6.07) is 0. The second-order valence-electron chi connectivity index (χ2n) is 4.25. The highest BCUT2D eigenvalue weighted by molar-refractivity contribution is 7.85. The van der Waals surface area contributed by atoms with Gasteiger partial charge in [0.15, 0.2) is 0 Å². The van der Waals surface area contributed by atoms with Crippen LogP contribution in [-0.4, -0.2) is 31.6 Å². The molecule has 0 N–H and O–H groups in total. The van der Waals surface area contributed by atoms with Crippen LogP contribution in [0.2, 0.25) is 0 Å². The molecule has 0 aromatic carbocycles. The fourth-order valence-corrected chi connectivity index (χ4v) is 2.76. The normalized spacial score (nSPS) is 30.7. The van der Waals surface area contributed by atoms with E-state index < -0.39 is 21.9 Å². The Morgan fingerprint density at radius 3 is 1.94 bits per heavy atom. The number of rotatable bonds is 2. The molecule has 2 aliphatic rings. The number of hydrogen-bond acceptors (Lipinski definition) is 5. The van der Waals surface area contributed by atoms with E-state index in [9.17, 15) is 18.0 Å². The summed E-state index contributed by atoms with van der Waals surface area (Å²) >= 11 is 0. The van der Waals surface area contributed by atoms with Crippen molar-refractivity contribution in [3.8, 4) is 0 Å². The summed E-state index contributed by atoms with van der Waals surface area (Å²) in [4.78, 5) is 23.5. The summed E-state index contributed by atoms with van der Waals surface area (Å²) < 4.78 is 26.3. The van der Waals surface area contributed by atoms with Gasteiger partial charge in [-0.25, -0.2) is 0 Å². The molecule has 2 fully saturated rings. The van der Waals surface area contributed by atoms with Crippen LogP contribution in [0, 0.1) is 11.8 Å². The van der Waals surface area contributed by atoms with Crippen LogP contribution in [0.4, 0.5) is 0 Å². The van der Waals surface area contributed by atoms with Gasteiger partial charge in [0.25, 0.3) is 21.9 Å². The zero-order chi connectivity index (χ0) is 11.9. The van der Waals surface area contributed by atoms with Gasteiger partial charge in [0.05, 0.1) is 18.1 Å². The molecule has 0 aromatic rings. The van der Waals surface area contributed by atoms with Gasteiger partial charge in [-0.15, -0.1) is 9.35 Å². The van der Waals surface area contributed by atoms with Crippen LogP contribution in [0.5, 0.6) is 0 Å². The lowest BCUT2D eigenvalue weighted by molar-refractivity contribution is -0.165. The van der Waals surface area contributed by atoms with E-state index in [1.807, 2.05) is 0 Å². The maximum Gasteiger partial charge on any atom is 0.285 e. The summed E-state index contributed by atoms with van der Waals surface area (Å²) in [5, 5.41) is 0.427. The Kier molecular flexibility index (Phi) is 2.75. The van der Waals surface area contributed by atoms with Crippen molar-refractivity contribution in [1.82, 2.24) is 5.06 Å². The van der Waals surface area contributed by atoms with Crippen molar-refractivity contribution in [1.29, 1.82) is 0 Å². The summed E-state index contributed by atoms with van der Waals surface area (Å²) in [5.74, 6) is -1.80. The second kappa shape index (κ2) is 3.81. The van der Waals surface area contributed by atoms with Gasteiger partial charge in [0.2, 0.25) is 0 Å². The first kappa shape index (κ1) is 11.5. The molecule has 2 amide bonds.